The van der Waals surface area contributed by atoms with Crippen molar-refractivity contribution in [2.24, 2.45) is 10.9 Å². The molecule has 0 spiro atoms. The lowest BCUT2D eigenvalue weighted by atomic mass is 10.1. The highest BCUT2D eigenvalue weighted by Crippen LogP contribution is 2.17. The van der Waals surface area contributed by atoms with Crippen LogP contribution in [-0.4, -0.2) is 63.5 Å². The predicted octanol–water partition coefficient (Wildman–Crippen LogP) is 2.11. The van der Waals surface area contributed by atoms with E-state index in [9.17, 15) is 0 Å². The first-order valence-electron chi connectivity index (χ1n) is 7.97. The molecule has 0 aliphatic carbocycles. The number of ether oxygens (including phenoxy) is 2. The second kappa shape index (κ2) is 10.6. The molecule has 2 rings (SSSR count). The quantitative estimate of drug-likeness (QED) is 0.428. The molecule has 2 aliphatic heterocycles. The van der Waals surface area contributed by atoms with Crippen LogP contribution in [0.2, 0.25) is 0 Å². The SMILES string of the molecule is CCNC(=NCC1CCCCO1)N1CCC(COC)C1.I. The fourth-order valence-electron chi connectivity index (χ4n) is 2.96. The van der Waals surface area contributed by atoms with Crippen molar-refractivity contribution in [1.82, 2.24) is 10.2 Å². The molecule has 2 fully saturated rings. The second-order valence-electron chi connectivity index (χ2n) is 5.74. The molecule has 6 heteroatoms. The molecule has 5 nitrogen and oxygen atoms in total. The van der Waals surface area contributed by atoms with E-state index in [0.29, 0.717) is 12.0 Å². The zero-order valence-corrected chi connectivity index (χ0v) is 15.7. The zero-order chi connectivity index (χ0) is 14.2. The number of halogens is 1. The van der Waals surface area contributed by atoms with Gasteiger partial charge in [0, 0.05) is 39.3 Å². The highest BCUT2D eigenvalue weighted by molar-refractivity contribution is 14.0. The predicted molar refractivity (Wildman–Crippen MR) is 96.5 cm³/mol. The molecule has 0 bridgehead atoms. The Morgan fingerprint density at radius 1 is 1.38 bits per heavy atom. The first kappa shape index (κ1) is 19.0. The lowest BCUT2D eigenvalue weighted by Crippen LogP contribution is -2.41. The Labute approximate surface area is 145 Å². The number of methoxy groups -OCH3 is 1. The Bertz CT molecular complexity index is 309. The molecular weight excluding hydrogens is 381 g/mol. The van der Waals surface area contributed by atoms with E-state index in [1.165, 1.54) is 19.3 Å². The van der Waals surface area contributed by atoms with Gasteiger partial charge in [-0.2, -0.15) is 0 Å². The lowest BCUT2D eigenvalue weighted by molar-refractivity contribution is 0.0223. The van der Waals surface area contributed by atoms with Crippen LogP contribution in [0.3, 0.4) is 0 Å². The van der Waals surface area contributed by atoms with Crippen molar-refractivity contribution < 1.29 is 9.47 Å². The van der Waals surface area contributed by atoms with Crippen LogP contribution in [0.25, 0.3) is 0 Å². The van der Waals surface area contributed by atoms with E-state index in [4.69, 9.17) is 14.5 Å². The van der Waals surface area contributed by atoms with Crippen molar-refractivity contribution in [2.75, 3.05) is 46.5 Å². The standard InChI is InChI=1S/C15H29N3O2.HI/c1-3-16-15(17-10-14-6-4-5-9-20-14)18-8-7-13(11-18)12-19-2;/h13-14H,3-12H2,1-2H3,(H,16,17);1H. The minimum Gasteiger partial charge on any atom is -0.384 e. The molecule has 0 saturated carbocycles. The van der Waals surface area contributed by atoms with Crippen LogP contribution < -0.4 is 5.32 Å². The van der Waals surface area contributed by atoms with Gasteiger partial charge < -0.3 is 19.7 Å². The Morgan fingerprint density at radius 2 is 2.24 bits per heavy atom. The Balaban J connectivity index is 0.00000220. The van der Waals surface area contributed by atoms with Crippen molar-refractivity contribution in [3.8, 4) is 0 Å². The number of nitrogens with zero attached hydrogens (tertiary/aromatic N) is 2. The summed E-state index contributed by atoms with van der Waals surface area (Å²) in [6, 6.07) is 0. The molecule has 2 aliphatic rings. The fraction of sp³-hybridized carbons (Fsp3) is 0.933. The van der Waals surface area contributed by atoms with Gasteiger partial charge in [-0.1, -0.05) is 0 Å². The normalized spacial score (nSPS) is 26.6. The average molecular weight is 411 g/mol. The number of aliphatic imine (C=N–C) groups is 1. The molecule has 0 aromatic carbocycles. The third-order valence-electron chi connectivity index (χ3n) is 4.04. The number of guanidine groups is 1. The summed E-state index contributed by atoms with van der Waals surface area (Å²) in [4.78, 5) is 7.14. The molecule has 2 unspecified atom stereocenters. The summed E-state index contributed by atoms with van der Waals surface area (Å²) >= 11 is 0. The largest absolute Gasteiger partial charge is 0.384 e. The van der Waals surface area contributed by atoms with Crippen LogP contribution in [0, 0.1) is 5.92 Å². The van der Waals surface area contributed by atoms with Crippen LogP contribution in [0.5, 0.6) is 0 Å². The number of hydrogen-bond donors (Lipinski definition) is 1. The maximum Gasteiger partial charge on any atom is 0.194 e. The molecule has 2 atom stereocenters. The molecule has 124 valence electrons. The van der Waals surface area contributed by atoms with Crippen molar-refractivity contribution in [2.45, 2.75) is 38.7 Å². The zero-order valence-electron chi connectivity index (χ0n) is 13.3. The highest BCUT2D eigenvalue weighted by Gasteiger charge is 2.25. The fourth-order valence-corrected chi connectivity index (χ4v) is 2.96. The van der Waals surface area contributed by atoms with Crippen molar-refractivity contribution in [3.63, 3.8) is 0 Å². The summed E-state index contributed by atoms with van der Waals surface area (Å²) in [6.07, 6.45) is 5.13. The second-order valence-corrected chi connectivity index (χ2v) is 5.74. The average Bonchev–Trinajstić information content (AvgIpc) is 2.93. The number of nitrogens with one attached hydrogen (secondary N) is 1. The number of likely N-dealkylation sites (tertiary alicyclic amines) is 1. The topological polar surface area (TPSA) is 46.1 Å². The molecule has 0 aromatic rings. The molecule has 2 saturated heterocycles. The van der Waals surface area contributed by atoms with Gasteiger partial charge in [-0.05, 0) is 32.6 Å². The van der Waals surface area contributed by atoms with Crippen LogP contribution in [0.4, 0.5) is 0 Å². The van der Waals surface area contributed by atoms with Crippen molar-refractivity contribution in [1.29, 1.82) is 0 Å². The molecule has 0 aromatic heterocycles. The minimum atomic E-state index is 0. The summed E-state index contributed by atoms with van der Waals surface area (Å²) in [5, 5.41) is 3.41. The Hall–Kier alpha value is -0.0800. The third kappa shape index (κ3) is 6.28. The van der Waals surface area contributed by atoms with Crippen LogP contribution in [-0.2, 0) is 9.47 Å². The van der Waals surface area contributed by atoms with Gasteiger partial charge in [0.2, 0.25) is 0 Å². The third-order valence-corrected chi connectivity index (χ3v) is 4.04. The number of hydrogen-bond acceptors (Lipinski definition) is 3. The summed E-state index contributed by atoms with van der Waals surface area (Å²) in [6.45, 7) is 7.69. The van der Waals surface area contributed by atoms with E-state index in [1.54, 1.807) is 7.11 Å². The molecule has 0 radical (unpaired) electrons. The van der Waals surface area contributed by atoms with E-state index in [2.05, 4.69) is 17.1 Å². The van der Waals surface area contributed by atoms with Gasteiger partial charge in [0.25, 0.3) is 0 Å². The van der Waals surface area contributed by atoms with Gasteiger partial charge in [0.15, 0.2) is 5.96 Å². The molecule has 21 heavy (non-hydrogen) atoms. The summed E-state index contributed by atoms with van der Waals surface area (Å²) in [5.41, 5.74) is 0. The van der Waals surface area contributed by atoms with E-state index >= 15 is 0 Å². The van der Waals surface area contributed by atoms with E-state index in [-0.39, 0.29) is 24.0 Å². The van der Waals surface area contributed by atoms with Gasteiger partial charge >= 0.3 is 0 Å². The first-order valence-corrected chi connectivity index (χ1v) is 7.97. The van der Waals surface area contributed by atoms with E-state index < -0.39 is 0 Å². The maximum atomic E-state index is 5.76. The Kier molecular flexibility index (Phi) is 9.59. The lowest BCUT2D eigenvalue weighted by Gasteiger charge is -2.24. The van der Waals surface area contributed by atoms with Crippen molar-refractivity contribution >= 4 is 29.9 Å². The highest BCUT2D eigenvalue weighted by atomic mass is 127. The van der Waals surface area contributed by atoms with Gasteiger partial charge in [-0.3, -0.25) is 4.99 Å². The Morgan fingerprint density at radius 3 is 2.90 bits per heavy atom. The van der Waals surface area contributed by atoms with Crippen LogP contribution >= 0.6 is 24.0 Å². The first-order chi connectivity index (χ1) is 9.83. The summed E-state index contributed by atoms with van der Waals surface area (Å²) < 4.78 is 11.0. The molecule has 0 amide bonds. The van der Waals surface area contributed by atoms with E-state index in [0.717, 1.165) is 51.8 Å². The maximum absolute atomic E-state index is 5.76. The van der Waals surface area contributed by atoms with Crippen LogP contribution in [0.15, 0.2) is 4.99 Å². The smallest absolute Gasteiger partial charge is 0.194 e. The van der Waals surface area contributed by atoms with Crippen molar-refractivity contribution in [3.05, 3.63) is 0 Å². The monoisotopic (exact) mass is 411 g/mol. The van der Waals surface area contributed by atoms with Gasteiger partial charge in [0.05, 0.1) is 19.3 Å². The molecule has 2 heterocycles. The molecular formula is C15H30IN3O2. The minimum absolute atomic E-state index is 0. The van der Waals surface area contributed by atoms with Gasteiger partial charge in [0.1, 0.15) is 0 Å². The molecule has 1 N–H and O–H groups in total. The van der Waals surface area contributed by atoms with Gasteiger partial charge in [-0.25, -0.2) is 0 Å². The number of rotatable bonds is 5. The summed E-state index contributed by atoms with van der Waals surface area (Å²) in [7, 11) is 1.78. The van der Waals surface area contributed by atoms with Gasteiger partial charge in [-0.15, -0.1) is 24.0 Å². The van der Waals surface area contributed by atoms with Crippen LogP contribution in [0.1, 0.15) is 32.6 Å². The summed E-state index contributed by atoms with van der Waals surface area (Å²) in [5.74, 6) is 1.68. The van der Waals surface area contributed by atoms with E-state index in [1.807, 2.05) is 0 Å².